The molecule has 1 aromatic carbocycles. The molecule has 2 saturated heterocycles. The molecule has 0 spiro atoms. The Hall–Kier alpha value is -1.60. The molecule has 1 aromatic rings. The summed E-state index contributed by atoms with van der Waals surface area (Å²) >= 11 is 0. The average Bonchev–Trinajstić information content (AvgIpc) is 2.97. The van der Waals surface area contributed by atoms with Crippen LogP contribution in [0, 0.1) is 0 Å². The Morgan fingerprint density at radius 3 is 2.40 bits per heavy atom. The molecule has 2 heterocycles. The van der Waals surface area contributed by atoms with Crippen LogP contribution in [0.1, 0.15) is 18.9 Å². The van der Waals surface area contributed by atoms with Gasteiger partial charge in [0.25, 0.3) is 0 Å². The molecule has 0 aliphatic carbocycles. The number of piperazine rings is 1. The molecule has 0 bridgehead atoms. The number of rotatable bonds is 4. The van der Waals surface area contributed by atoms with Crippen molar-refractivity contribution in [2.45, 2.75) is 25.9 Å². The Kier molecular flexibility index (Phi) is 5.64. The zero-order valence-electron chi connectivity index (χ0n) is 14.8. The zero-order chi connectivity index (χ0) is 17.9. The first-order valence-corrected chi connectivity index (χ1v) is 10.8. The molecule has 0 saturated carbocycles. The minimum atomic E-state index is -2.98. The highest BCUT2D eigenvalue weighted by atomic mass is 32.2. The van der Waals surface area contributed by atoms with Crippen molar-refractivity contribution >= 4 is 15.9 Å². The van der Waals surface area contributed by atoms with Gasteiger partial charge in [-0.25, -0.2) is 13.2 Å². The molecular formula is C18H27N3O3S. The van der Waals surface area contributed by atoms with E-state index < -0.39 is 9.84 Å². The molecule has 2 aliphatic heterocycles. The summed E-state index contributed by atoms with van der Waals surface area (Å²) in [5, 5.41) is 0. The van der Waals surface area contributed by atoms with Gasteiger partial charge in [-0.15, -0.1) is 0 Å². The largest absolute Gasteiger partial charge is 0.322 e. The molecule has 2 fully saturated rings. The first-order chi connectivity index (χ1) is 12.0. The van der Waals surface area contributed by atoms with Crippen LogP contribution >= 0.6 is 0 Å². The Labute approximate surface area is 150 Å². The second-order valence-corrected chi connectivity index (χ2v) is 9.10. The lowest BCUT2D eigenvalue weighted by molar-refractivity contribution is 0.102. The van der Waals surface area contributed by atoms with E-state index in [1.165, 1.54) is 5.56 Å². The molecule has 0 N–H and O–H groups in total. The van der Waals surface area contributed by atoms with Gasteiger partial charge in [0.1, 0.15) is 0 Å². The van der Waals surface area contributed by atoms with E-state index in [9.17, 15) is 13.2 Å². The van der Waals surface area contributed by atoms with Gasteiger partial charge in [-0.3, -0.25) is 4.90 Å². The minimum absolute atomic E-state index is 0.0102. The van der Waals surface area contributed by atoms with E-state index in [-0.39, 0.29) is 23.6 Å². The van der Waals surface area contributed by atoms with E-state index >= 15 is 0 Å². The highest BCUT2D eigenvalue weighted by molar-refractivity contribution is 7.91. The van der Waals surface area contributed by atoms with Crippen molar-refractivity contribution in [1.29, 1.82) is 0 Å². The normalized spacial score (nSPS) is 23.6. The highest BCUT2D eigenvalue weighted by Crippen LogP contribution is 2.20. The van der Waals surface area contributed by atoms with Crippen molar-refractivity contribution in [3.63, 3.8) is 0 Å². The molecule has 2 aliphatic rings. The Morgan fingerprint density at radius 2 is 1.84 bits per heavy atom. The van der Waals surface area contributed by atoms with Crippen molar-refractivity contribution in [1.82, 2.24) is 14.7 Å². The Bertz CT molecular complexity index is 685. The molecule has 0 aromatic heterocycles. The summed E-state index contributed by atoms with van der Waals surface area (Å²) in [5.74, 6) is 0.312. The SMILES string of the molecule is CCN(C(=O)N1CCN(Cc2ccccc2)CC1)C1CCS(=O)(=O)C1. The molecule has 138 valence electrons. The first-order valence-electron chi connectivity index (χ1n) is 9.01. The van der Waals surface area contributed by atoms with Crippen LogP contribution in [0.15, 0.2) is 30.3 Å². The van der Waals surface area contributed by atoms with Crippen LogP contribution in [0.25, 0.3) is 0 Å². The predicted octanol–water partition coefficient (Wildman–Crippen LogP) is 1.43. The summed E-state index contributed by atoms with van der Waals surface area (Å²) < 4.78 is 23.4. The topological polar surface area (TPSA) is 60.9 Å². The van der Waals surface area contributed by atoms with Gasteiger partial charge in [0.2, 0.25) is 0 Å². The number of carbonyl (C=O) groups is 1. The molecule has 3 rings (SSSR count). The molecule has 25 heavy (non-hydrogen) atoms. The van der Waals surface area contributed by atoms with E-state index in [0.29, 0.717) is 26.1 Å². The number of hydrogen-bond acceptors (Lipinski definition) is 4. The van der Waals surface area contributed by atoms with Gasteiger partial charge >= 0.3 is 6.03 Å². The molecule has 7 heteroatoms. The highest BCUT2D eigenvalue weighted by Gasteiger charge is 2.36. The fourth-order valence-corrected chi connectivity index (χ4v) is 5.42. The summed E-state index contributed by atoms with van der Waals surface area (Å²) in [6.07, 6.45) is 0.565. The number of benzene rings is 1. The van der Waals surface area contributed by atoms with Gasteiger partial charge in [0.05, 0.1) is 11.5 Å². The van der Waals surface area contributed by atoms with Gasteiger partial charge in [0.15, 0.2) is 9.84 Å². The summed E-state index contributed by atoms with van der Waals surface area (Å²) in [6, 6.07) is 10.2. The predicted molar refractivity (Wildman–Crippen MR) is 98.1 cm³/mol. The number of urea groups is 1. The fourth-order valence-electron chi connectivity index (χ4n) is 3.69. The third kappa shape index (κ3) is 4.52. The molecule has 2 amide bonds. The zero-order valence-corrected chi connectivity index (χ0v) is 15.6. The van der Waals surface area contributed by atoms with Crippen LogP contribution in [0.5, 0.6) is 0 Å². The van der Waals surface area contributed by atoms with Crippen molar-refractivity contribution in [2.24, 2.45) is 0 Å². The first kappa shape index (κ1) is 18.2. The van der Waals surface area contributed by atoms with Crippen LogP contribution < -0.4 is 0 Å². The van der Waals surface area contributed by atoms with E-state index in [2.05, 4.69) is 17.0 Å². The number of hydrogen-bond donors (Lipinski definition) is 0. The molecule has 1 unspecified atom stereocenters. The third-order valence-electron chi connectivity index (χ3n) is 5.13. The third-order valence-corrected chi connectivity index (χ3v) is 6.88. The number of sulfone groups is 1. The van der Waals surface area contributed by atoms with Crippen LogP contribution in [-0.2, 0) is 16.4 Å². The summed E-state index contributed by atoms with van der Waals surface area (Å²) in [5.41, 5.74) is 1.29. The van der Waals surface area contributed by atoms with Gasteiger partial charge in [-0.05, 0) is 18.9 Å². The summed E-state index contributed by atoms with van der Waals surface area (Å²) in [6.45, 7) is 6.48. The summed E-state index contributed by atoms with van der Waals surface area (Å²) in [7, 11) is -2.98. The van der Waals surface area contributed by atoms with Gasteiger partial charge in [-0.2, -0.15) is 0 Å². The lowest BCUT2D eigenvalue weighted by Crippen LogP contribution is -2.54. The van der Waals surface area contributed by atoms with E-state index in [1.807, 2.05) is 30.0 Å². The molecule has 0 radical (unpaired) electrons. The van der Waals surface area contributed by atoms with Gasteiger partial charge in [-0.1, -0.05) is 30.3 Å². The number of amides is 2. The van der Waals surface area contributed by atoms with Crippen molar-refractivity contribution in [2.75, 3.05) is 44.2 Å². The van der Waals surface area contributed by atoms with Crippen LogP contribution in [0.3, 0.4) is 0 Å². The molecule has 6 nitrogen and oxygen atoms in total. The number of carbonyl (C=O) groups excluding carboxylic acids is 1. The van der Waals surface area contributed by atoms with E-state index in [0.717, 1.165) is 19.6 Å². The van der Waals surface area contributed by atoms with Gasteiger partial charge in [0, 0.05) is 45.3 Å². The average molecular weight is 365 g/mol. The molecule has 1 atom stereocenters. The van der Waals surface area contributed by atoms with Crippen molar-refractivity contribution < 1.29 is 13.2 Å². The quantitative estimate of drug-likeness (QED) is 0.810. The Balaban J connectivity index is 1.53. The van der Waals surface area contributed by atoms with Crippen LogP contribution in [-0.4, -0.2) is 79.4 Å². The maximum atomic E-state index is 12.8. The smallest absolute Gasteiger partial charge is 0.320 e. The maximum absolute atomic E-state index is 12.8. The van der Waals surface area contributed by atoms with E-state index in [4.69, 9.17) is 0 Å². The van der Waals surface area contributed by atoms with Crippen molar-refractivity contribution in [3.05, 3.63) is 35.9 Å². The van der Waals surface area contributed by atoms with Crippen LogP contribution in [0.2, 0.25) is 0 Å². The number of nitrogens with zero attached hydrogens (tertiary/aromatic N) is 3. The Morgan fingerprint density at radius 1 is 1.16 bits per heavy atom. The fraction of sp³-hybridized carbons (Fsp3) is 0.611. The van der Waals surface area contributed by atoms with E-state index in [1.54, 1.807) is 4.90 Å². The lowest BCUT2D eigenvalue weighted by atomic mass is 10.2. The minimum Gasteiger partial charge on any atom is -0.322 e. The van der Waals surface area contributed by atoms with Crippen molar-refractivity contribution in [3.8, 4) is 0 Å². The van der Waals surface area contributed by atoms with Gasteiger partial charge < -0.3 is 9.80 Å². The van der Waals surface area contributed by atoms with Crippen LogP contribution in [0.4, 0.5) is 4.79 Å². The maximum Gasteiger partial charge on any atom is 0.320 e. The lowest BCUT2D eigenvalue weighted by Gasteiger charge is -2.39. The second kappa shape index (κ2) is 7.74. The summed E-state index contributed by atoms with van der Waals surface area (Å²) in [4.78, 5) is 18.8. The standard InChI is InChI=1S/C18H27N3O3S/c1-2-21(17-8-13-25(23,24)15-17)18(22)20-11-9-19(10-12-20)14-16-6-4-3-5-7-16/h3-7,17H,2,8-15H2,1H3. The molecular weight excluding hydrogens is 338 g/mol. The second-order valence-electron chi connectivity index (χ2n) is 6.87. The monoisotopic (exact) mass is 365 g/mol.